The third-order valence-electron chi connectivity index (χ3n) is 13.3. The van der Waals surface area contributed by atoms with Gasteiger partial charge in [-0.3, -0.25) is 14.4 Å². The number of hydrogen-bond acceptors (Lipinski definition) is 10. The third kappa shape index (κ3) is 10.7. The van der Waals surface area contributed by atoms with Crippen molar-refractivity contribution in [3.63, 3.8) is 0 Å². The van der Waals surface area contributed by atoms with E-state index in [9.17, 15) is 34.5 Å². The van der Waals surface area contributed by atoms with E-state index in [0.717, 1.165) is 19.3 Å². The number of ether oxygens (including phenoxy) is 3. The molecule has 0 aromatic carbocycles. The molecule has 14 atom stereocenters. The van der Waals surface area contributed by atoms with E-state index in [2.05, 4.69) is 27.7 Å². The minimum atomic E-state index is -2.34. The maximum Gasteiger partial charge on any atom is 0.329 e. The van der Waals surface area contributed by atoms with Crippen LogP contribution in [0.5, 0.6) is 0 Å². The molecule has 0 spiro atoms. The zero-order valence-corrected chi connectivity index (χ0v) is 35.0. The van der Waals surface area contributed by atoms with Crippen LogP contribution in [-0.4, -0.2) is 99.7 Å². The number of cyclic esters (lactones) is 1. The molecule has 11 heteroatoms. The van der Waals surface area contributed by atoms with Crippen LogP contribution in [0.4, 0.5) is 0 Å². The van der Waals surface area contributed by atoms with Gasteiger partial charge in [-0.1, -0.05) is 67.0 Å². The summed E-state index contributed by atoms with van der Waals surface area (Å²) in [6, 6.07) is -1.08. The van der Waals surface area contributed by atoms with Crippen molar-refractivity contribution in [1.29, 1.82) is 0 Å². The number of Topliss-reactive ketones (excluding diaryl/α,β-unsaturated/α-hetero) is 2. The van der Waals surface area contributed by atoms with E-state index in [-0.39, 0.29) is 60.9 Å². The number of hydrogen-bond donors (Lipinski definition) is 3. The fourth-order valence-corrected chi connectivity index (χ4v) is 9.99. The fourth-order valence-electron chi connectivity index (χ4n) is 9.99. The van der Waals surface area contributed by atoms with Crippen LogP contribution in [0.15, 0.2) is 23.3 Å². The molecule has 312 valence electrons. The average Bonchev–Trinajstić information content (AvgIpc) is 3.15. The topological polar surface area (TPSA) is 160 Å². The quantitative estimate of drug-likeness (QED) is 0.169. The number of fused-ring (bicyclic) bond motifs is 3. The molecular weight excluding hydrogens is 702 g/mol. The fraction of sp³-hybridized carbons (Fsp3) is 0.818. The monoisotopic (exact) mass is 774 g/mol. The lowest BCUT2D eigenvalue weighted by molar-refractivity contribution is -0.284. The van der Waals surface area contributed by atoms with Crippen molar-refractivity contribution in [3.8, 4) is 0 Å². The minimum absolute atomic E-state index is 0.0177. The minimum Gasteiger partial charge on any atom is -0.456 e. The Morgan fingerprint density at radius 1 is 0.964 bits per heavy atom. The van der Waals surface area contributed by atoms with E-state index >= 15 is 0 Å². The third-order valence-corrected chi connectivity index (χ3v) is 13.3. The number of aliphatic hydroxyl groups is 3. The number of rotatable bonds is 5. The molecule has 1 aliphatic carbocycles. The summed E-state index contributed by atoms with van der Waals surface area (Å²) in [5.74, 6) is -6.15. The normalized spacial score (nSPS) is 41.2. The molecule has 3 N–H and O–H groups in total. The molecule has 3 heterocycles. The van der Waals surface area contributed by atoms with Crippen LogP contribution < -0.4 is 0 Å². The van der Waals surface area contributed by atoms with Crippen LogP contribution in [0.3, 0.4) is 0 Å². The van der Waals surface area contributed by atoms with Crippen molar-refractivity contribution >= 4 is 23.4 Å². The van der Waals surface area contributed by atoms with E-state index in [1.54, 1.807) is 21.0 Å². The first-order valence-corrected chi connectivity index (χ1v) is 21.2. The standard InChI is InChI=1S/C44H71NO10/c1-10-32-20-26(4)18-25(3)19-27(5)40-33(11-2)22-29(7)44(52,55-40)41(49)42(50)45-17-13-12-14-34(45)43(51)54-39(30(8)36(47)24-37(32)48)28(6)21-31-15-16-35(46)38(23-31)53-9/h20-21,25-27,29-31,33-36,38-40,46-47,52H,10-19,22-24H2,1-9H3/t25-,26?,27-,29+,30+,31-,33-,34?,35?,36?,38?,39?,40?,44?/m0/s1. The first-order chi connectivity index (χ1) is 25.9. The van der Waals surface area contributed by atoms with E-state index in [1.165, 1.54) is 4.90 Å². The Morgan fingerprint density at radius 2 is 1.67 bits per heavy atom. The summed E-state index contributed by atoms with van der Waals surface area (Å²) in [6.45, 7) is 15.8. The zero-order valence-electron chi connectivity index (χ0n) is 35.0. The zero-order chi connectivity index (χ0) is 40.8. The number of aliphatic hydroxyl groups excluding tert-OH is 2. The lowest BCUT2D eigenvalue weighted by Crippen LogP contribution is -2.62. The molecule has 0 radical (unpaired) electrons. The van der Waals surface area contributed by atoms with Crippen molar-refractivity contribution in [3.05, 3.63) is 23.3 Å². The summed E-state index contributed by atoms with van der Waals surface area (Å²) in [7, 11) is 1.57. The Balaban J connectivity index is 1.75. The first kappa shape index (κ1) is 45.3. The molecule has 8 unspecified atom stereocenters. The highest BCUT2D eigenvalue weighted by Gasteiger charge is 2.55. The molecular formula is C44H71NO10. The molecule has 0 aromatic heterocycles. The Labute approximate surface area is 329 Å². The van der Waals surface area contributed by atoms with Crippen LogP contribution in [-0.2, 0) is 33.4 Å². The second-order valence-electron chi connectivity index (χ2n) is 17.7. The number of carbonyl (C=O) groups is 4. The van der Waals surface area contributed by atoms with Gasteiger partial charge in [-0.15, -0.1) is 0 Å². The molecule has 2 bridgehead atoms. The van der Waals surface area contributed by atoms with Crippen molar-refractivity contribution in [1.82, 2.24) is 4.90 Å². The number of piperidine rings is 1. The van der Waals surface area contributed by atoms with Gasteiger partial charge in [0.25, 0.3) is 11.7 Å². The van der Waals surface area contributed by atoms with E-state index in [4.69, 9.17) is 14.2 Å². The largest absolute Gasteiger partial charge is 0.456 e. The number of esters is 1. The van der Waals surface area contributed by atoms with E-state index in [0.29, 0.717) is 56.1 Å². The van der Waals surface area contributed by atoms with Crippen LogP contribution >= 0.6 is 0 Å². The van der Waals surface area contributed by atoms with Crippen LogP contribution in [0.1, 0.15) is 132 Å². The lowest BCUT2D eigenvalue weighted by Gasteiger charge is -2.47. The van der Waals surface area contributed by atoms with Gasteiger partial charge in [0.2, 0.25) is 5.79 Å². The summed E-state index contributed by atoms with van der Waals surface area (Å²) >= 11 is 0. The van der Waals surface area contributed by atoms with Crippen molar-refractivity contribution in [2.24, 2.45) is 41.4 Å². The number of carbonyl (C=O) groups excluding carboxylic acids is 4. The van der Waals surface area contributed by atoms with Crippen molar-refractivity contribution in [2.45, 2.75) is 175 Å². The van der Waals surface area contributed by atoms with Crippen LogP contribution in [0.25, 0.3) is 0 Å². The summed E-state index contributed by atoms with van der Waals surface area (Å²) in [4.78, 5) is 57.6. The van der Waals surface area contributed by atoms with Gasteiger partial charge in [0.1, 0.15) is 12.1 Å². The van der Waals surface area contributed by atoms with Gasteiger partial charge in [0.15, 0.2) is 5.78 Å². The van der Waals surface area contributed by atoms with Gasteiger partial charge in [-0.2, -0.15) is 0 Å². The summed E-state index contributed by atoms with van der Waals surface area (Å²) in [5.41, 5.74) is 1.35. The highest BCUT2D eigenvalue weighted by atomic mass is 16.6. The van der Waals surface area contributed by atoms with Gasteiger partial charge in [0, 0.05) is 31.9 Å². The summed E-state index contributed by atoms with van der Waals surface area (Å²) < 4.78 is 18.2. The molecule has 0 aromatic rings. The molecule has 1 saturated carbocycles. The first-order valence-electron chi connectivity index (χ1n) is 21.2. The number of nitrogens with zero attached hydrogens (tertiary/aromatic N) is 1. The predicted octanol–water partition coefficient (Wildman–Crippen LogP) is 6.11. The Kier molecular flexibility index (Phi) is 16.3. The number of methoxy groups -OCH3 is 1. The molecule has 2 saturated heterocycles. The Bertz CT molecular complexity index is 1410. The molecule has 3 fully saturated rings. The van der Waals surface area contributed by atoms with Gasteiger partial charge in [-0.05, 0) is 112 Å². The van der Waals surface area contributed by atoms with Crippen molar-refractivity contribution < 1.29 is 48.7 Å². The predicted molar refractivity (Wildman–Crippen MR) is 209 cm³/mol. The number of amides is 1. The highest BCUT2D eigenvalue weighted by Crippen LogP contribution is 2.43. The summed E-state index contributed by atoms with van der Waals surface area (Å²) in [6.07, 6.45) is 7.13. The van der Waals surface area contributed by atoms with Gasteiger partial charge < -0.3 is 34.4 Å². The molecule has 4 aliphatic rings. The van der Waals surface area contributed by atoms with Gasteiger partial charge in [-0.25, -0.2) is 4.79 Å². The van der Waals surface area contributed by atoms with E-state index < -0.39 is 65.7 Å². The smallest absolute Gasteiger partial charge is 0.329 e. The molecule has 1 amide bonds. The molecule has 3 aliphatic heterocycles. The van der Waals surface area contributed by atoms with Gasteiger partial charge >= 0.3 is 5.97 Å². The maximum absolute atomic E-state index is 14.3. The second-order valence-corrected chi connectivity index (χ2v) is 17.7. The summed E-state index contributed by atoms with van der Waals surface area (Å²) in [5, 5.41) is 34.1. The average molecular weight is 774 g/mol. The van der Waals surface area contributed by atoms with Crippen molar-refractivity contribution in [2.75, 3.05) is 13.7 Å². The lowest BCUT2D eigenvalue weighted by atomic mass is 9.74. The Morgan fingerprint density at radius 3 is 2.33 bits per heavy atom. The Hall–Kier alpha value is -2.44. The molecule has 11 nitrogen and oxygen atoms in total. The molecule has 55 heavy (non-hydrogen) atoms. The van der Waals surface area contributed by atoms with Crippen LogP contribution in [0.2, 0.25) is 0 Å². The van der Waals surface area contributed by atoms with Crippen LogP contribution in [0, 0.1) is 41.4 Å². The highest BCUT2D eigenvalue weighted by molar-refractivity contribution is 6.39. The maximum atomic E-state index is 14.3. The number of ketones is 2. The number of allylic oxidation sites excluding steroid dienone is 3. The molecule has 4 rings (SSSR count). The second kappa shape index (κ2) is 19.8. The van der Waals surface area contributed by atoms with Gasteiger partial charge in [0.05, 0.1) is 24.4 Å². The van der Waals surface area contributed by atoms with E-state index in [1.807, 2.05) is 26.0 Å². The SMILES string of the molecule is CCC1=CC(C)C[C@H](C)C[C@H](C)C2OC(O)(C(=O)C(=O)N3CCCCC3C(=O)OC(C(C)=C[C@@H]3CCC(O)C(OC)C3)[C@H](C)C(O)CC1=O)[C@H](C)C[C@@H]2CC.